The molecule has 78 valence electrons. The lowest BCUT2D eigenvalue weighted by Gasteiger charge is -2.24. The Labute approximate surface area is 84.5 Å². The smallest absolute Gasteiger partial charge is 0.124 e. The Balaban J connectivity index is 3.23. The second-order valence-electron chi connectivity index (χ2n) is 3.78. The zero-order valence-electron chi connectivity index (χ0n) is 8.87. The van der Waals surface area contributed by atoms with Gasteiger partial charge in [-0.05, 0) is 19.9 Å². The molecule has 1 aromatic rings. The predicted molar refractivity (Wildman–Crippen MR) is 56.4 cm³/mol. The molecule has 0 saturated carbocycles. The highest BCUT2D eigenvalue weighted by Gasteiger charge is 2.23. The van der Waals surface area contributed by atoms with Gasteiger partial charge >= 0.3 is 0 Å². The van der Waals surface area contributed by atoms with E-state index in [1.165, 1.54) is 0 Å². The topological polar surface area (TPSA) is 55.5 Å². The van der Waals surface area contributed by atoms with Gasteiger partial charge in [0.2, 0.25) is 0 Å². The van der Waals surface area contributed by atoms with Crippen LogP contribution in [0.5, 0.6) is 5.75 Å². The van der Waals surface area contributed by atoms with Crippen molar-refractivity contribution >= 4 is 0 Å². The van der Waals surface area contributed by atoms with E-state index >= 15 is 0 Å². The number of methoxy groups -OCH3 is 1. The number of rotatable bonds is 3. The van der Waals surface area contributed by atoms with Crippen molar-refractivity contribution < 1.29 is 9.84 Å². The third-order valence-electron chi connectivity index (χ3n) is 2.30. The molecular weight excluding hydrogens is 178 g/mol. The van der Waals surface area contributed by atoms with E-state index in [4.69, 9.17) is 10.5 Å². The van der Waals surface area contributed by atoms with E-state index in [1.54, 1.807) is 14.0 Å². The van der Waals surface area contributed by atoms with Crippen LogP contribution in [-0.2, 0) is 5.54 Å². The Morgan fingerprint density at radius 3 is 2.64 bits per heavy atom. The Hall–Kier alpha value is -1.06. The van der Waals surface area contributed by atoms with E-state index in [-0.39, 0.29) is 6.61 Å². The van der Waals surface area contributed by atoms with Crippen molar-refractivity contribution in [3.63, 3.8) is 0 Å². The molecule has 14 heavy (non-hydrogen) atoms. The molecule has 1 atom stereocenters. The number of nitrogens with two attached hydrogens (primary N) is 1. The largest absolute Gasteiger partial charge is 0.496 e. The van der Waals surface area contributed by atoms with E-state index in [2.05, 4.69) is 0 Å². The lowest BCUT2D eigenvalue weighted by molar-refractivity contribution is 0.206. The summed E-state index contributed by atoms with van der Waals surface area (Å²) < 4.78 is 5.20. The van der Waals surface area contributed by atoms with Crippen LogP contribution in [0.15, 0.2) is 18.2 Å². The summed E-state index contributed by atoms with van der Waals surface area (Å²) in [7, 11) is 1.60. The minimum atomic E-state index is -0.753. The summed E-state index contributed by atoms with van der Waals surface area (Å²) in [5, 5.41) is 9.18. The third-order valence-corrected chi connectivity index (χ3v) is 2.30. The van der Waals surface area contributed by atoms with Crippen LogP contribution < -0.4 is 10.5 Å². The van der Waals surface area contributed by atoms with Crippen molar-refractivity contribution in [3.8, 4) is 5.75 Å². The standard InChI is InChI=1S/C11H17NO2/c1-8-4-5-10(14-3)9(6-8)11(2,12)7-13/h4-6,13H,7,12H2,1-3H3/t11-/m1/s1. The van der Waals surface area contributed by atoms with Gasteiger partial charge in [0.15, 0.2) is 0 Å². The Morgan fingerprint density at radius 2 is 2.14 bits per heavy atom. The van der Waals surface area contributed by atoms with Gasteiger partial charge in [-0.15, -0.1) is 0 Å². The highest BCUT2D eigenvalue weighted by Crippen LogP contribution is 2.28. The van der Waals surface area contributed by atoms with Crippen molar-refractivity contribution in [2.75, 3.05) is 13.7 Å². The molecule has 3 heteroatoms. The van der Waals surface area contributed by atoms with Crippen LogP contribution in [-0.4, -0.2) is 18.8 Å². The fraction of sp³-hybridized carbons (Fsp3) is 0.455. The molecule has 0 spiro atoms. The molecule has 0 heterocycles. The maximum atomic E-state index is 9.18. The van der Waals surface area contributed by atoms with Crippen molar-refractivity contribution in [2.24, 2.45) is 5.73 Å². The number of aryl methyl sites for hydroxylation is 1. The average molecular weight is 195 g/mol. The molecule has 0 aliphatic rings. The van der Waals surface area contributed by atoms with Crippen molar-refractivity contribution in [1.29, 1.82) is 0 Å². The van der Waals surface area contributed by atoms with Crippen molar-refractivity contribution in [1.82, 2.24) is 0 Å². The number of aliphatic hydroxyl groups excluding tert-OH is 1. The summed E-state index contributed by atoms with van der Waals surface area (Å²) in [6.07, 6.45) is 0. The Morgan fingerprint density at radius 1 is 1.50 bits per heavy atom. The molecule has 0 bridgehead atoms. The Bertz CT molecular complexity index is 321. The summed E-state index contributed by atoms with van der Waals surface area (Å²) in [6.45, 7) is 3.66. The van der Waals surface area contributed by atoms with Crippen LogP contribution in [0.25, 0.3) is 0 Å². The summed E-state index contributed by atoms with van der Waals surface area (Å²) in [5.74, 6) is 0.717. The van der Waals surface area contributed by atoms with Crippen molar-refractivity contribution in [2.45, 2.75) is 19.4 Å². The molecule has 1 rings (SSSR count). The summed E-state index contributed by atoms with van der Waals surface area (Å²) >= 11 is 0. The molecule has 0 amide bonds. The van der Waals surface area contributed by atoms with Crippen LogP contribution >= 0.6 is 0 Å². The van der Waals surface area contributed by atoms with Gasteiger partial charge in [0.05, 0.1) is 19.3 Å². The lowest BCUT2D eigenvalue weighted by atomic mass is 9.92. The van der Waals surface area contributed by atoms with Gasteiger partial charge < -0.3 is 15.6 Å². The molecule has 3 nitrogen and oxygen atoms in total. The molecule has 0 fully saturated rings. The first-order valence-corrected chi connectivity index (χ1v) is 4.56. The van der Waals surface area contributed by atoms with Crippen LogP contribution in [0.2, 0.25) is 0 Å². The first-order chi connectivity index (χ1) is 6.51. The van der Waals surface area contributed by atoms with Crippen LogP contribution in [0.3, 0.4) is 0 Å². The first-order valence-electron chi connectivity index (χ1n) is 4.56. The molecule has 0 aliphatic carbocycles. The number of ether oxygens (including phenoxy) is 1. The minimum absolute atomic E-state index is 0.104. The van der Waals surface area contributed by atoms with E-state index in [1.807, 2.05) is 25.1 Å². The average Bonchev–Trinajstić information content (AvgIpc) is 2.18. The highest BCUT2D eigenvalue weighted by atomic mass is 16.5. The molecule has 0 aliphatic heterocycles. The fourth-order valence-corrected chi connectivity index (χ4v) is 1.35. The molecule has 0 saturated heterocycles. The maximum Gasteiger partial charge on any atom is 0.124 e. The van der Waals surface area contributed by atoms with Gasteiger partial charge in [-0.2, -0.15) is 0 Å². The normalized spacial score (nSPS) is 14.9. The summed E-state index contributed by atoms with van der Waals surface area (Å²) in [6, 6.07) is 5.76. The summed E-state index contributed by atoms with van der Waals surface area (Å²) in [4.78, 5) is 0. The monoisotopic (exact) mass is 195 g/mol. The van der Waals surface area contributed by atoms with E-state index < -0.39 is 5.54 Å². The molecule has 0 radical (unpaired) electrons. The third kappa shape index (κ3) is 2.05. The lowest BCUT2D eigenvalue weighted by Crippen LogP contribution is -2.37. The molecule has 0 aromatic heterocycles. The zero-order valence-corrected chi connectivity index (χ0v) is 8.87. The van der Waals surface area contributed by atoms with Gasteiger partial charge in [0.1, 0.15) is 5.75 Å². The van der Waals surface area contributed by atoms with E-state index in [9.17, 15) is 5.11 Å². The molecular formula is C11H17NO2. The number of benzene rings is 1. The molecule has 1 aromatic carbocycles. The van der Waals surface area contributed by atoms with Crippen molar-refractivity contribution in [3.05, 3.63) is 29.3 Å². The number of hydrogen-bond acceptors (Lipinski definition) is 3. The maximum absolute atomic E-state index is 9.18. The van der Waals surface area contributed by atoms with Gasteiger partial charge in [-0.3, -0.25) is 0 Å². The van der Waals surface area contributed by atoms with E-state index in [0.717, 1.165) is 16.9 Å². The van der Waals surface area contributed by atoms with Gasteiger partial charge in [0, 0.05) is 5.56 Å². The Kier molecular flexibility index (Phi) is 3.13. The van der Waals surface area contributed by atoms with Gasteiger partial charge in [-0.25, -0.2) is 0 Å². The quantitative estimate of drug-likeness (QED) is 0.761. The zero-order chi connectivity index (χ0) is 10.8. The van der Waals surface area contributed by atoms with Gasteiger partial charge in [0.25, 0.3) is 0 Å². The van der Waals surface area contributed by atoms with Crippen LogP contribution in [0.4, 0.5) is 0 Å². The molecule has 3 N–H and O–H groups in total. The van der Waals surface area contributed by atoms with E-state index in [0.29, 0.717) is 0 Å². The molecule has 0 unspecified atom stereocenters. The van der Waals surface area contributed by atoms with Crippen LogP contribution in [0, 0.1) is 6.92 Å². The fourth-order valence-electron chi connectivity index (χ4n) is 1.35. The minimum Gasteiger partial charge on any atom is -0.496 e. The van der Waals surface area contributed by atoms with Gasteiger partial charge in [-0.1, -0.05) is 17.7 Å². The predicted octanol–water partition coefficient (Wildman–Crippen LogP) is 1.17. The summed E-state index contributed by atoms with van der Waals surface area (Å²) in [5.41, 5.74) is 7.14. The first kappa shape index (κ1) is 11.0. The highest BCUT2D eigenvalue weighted by molar-refractivity contribution is 5.41. The SMILES string of the molecule is COc1ccc(C)cc1[C@](C)(N)CO. The second-order valence-corrected chi connectivity index (χ2v) is 3.78. The number of hydrogen-bond donors (Lipinski definition) is 2. The van der Waals surface area contributed by atoms with Crippen LogP contribution in [0.1, 0.15) is 18.1 Å². The second kappa shape index (κ2) is 3.98. The number of aliphatic hydroxyl groups is 1.